The number of amides is 1. The molecule has 0 saturated heterocycles. The average molecular weight is 374 g/mol. The van der Waals surface area contributed by atoms with Gasteiger partial charge in [-0.3, -0.25) is 13.9 Å². The summed E-state index contributed by atoms with van der Waals surface area (Å²) < 4.78 is 25.3. The van der Waals surface area contributed by atoms with E-state index >= 15 is 0 Å². The first-order valence-corrected chi connectivity index (χ1v) is 10.0. The van der Waals surface area contributed by atoms with Crippen LogP contribution in [0.4, 0.5) is 11.4 Å². The number of anilines is 2. The van der Waals surface area contributed by atoms with E-state index in [2.05, 4.69) is 5.32 Å². The van der Waals surface area contributed by atoms with Gasteiger partial charge in [0.1, 0.15) is 6.54 Å². The normalized spacial score (nSPS) is 11.0. The maximum Gasteiger partial charge on any atom is 0.245 e. The summed E-state index contributed by atoms with van der Waals surface area (Å²) >= 11 is 0. The molecule has 0 aliphatic carbocycles. The van der Waals surface area contributed by atoms with E-state index in [1.54, 1.807) is 36.4 Å². The summed E-state index contributed by atoms with van der Waals surface area (Å²) in [5.41, 5.74) is 2.42. The SMILES string of the molecule is CCc1ccc(N(CC(=O)Nc2cccc(C(C)=O)c2)S(C)(=O)=O)cc1. The number of carbonyl (C=O) groups excluding carboxylic acids is 2. The van der Waals surface area contributed by atoms with Crippen LogP contribution in [0.15, 0.2) is 48.5 Å². The number of ketones is 1. The fourth-order valence-electron chi connectivity index (χ4n) is 2.44. The highest BCUT2D eigenvalue weighted by Crippen LogP contribution is 2.19. The number of benzene rings is 2. The Balaban J connectivity index is 2.19. The number of nitrogens with one attached hydrogen (secondary N) is 1. The molecule has 0 spiro atoms. The number of hydrogen-bond donors (Lipinski definition) is 1. The monoisotopic (exact) mass is 374 g/mol. The minimum atomic E-state index is -3.63. The first-order chi connectivity index (χ1) is 12.2. The summed E-state index contributed by atoms with van der Waals surface area (Å²) in [6.07, 6.45) is 1.90. The number of nitrogens with zero attached hydrogens (tertiary/aromatic N) is 1. The molecule has 0 saturated carbocycles. The van der Waals surface area contributed by atoms with Crippen molar-refractivity contribution in [2.75, 3.05) is 22.4 Å². The minimum Gasteiger partial charge on any atom is -0.324 e. The van der Waals surface area contributed by atoms with Gasteiger partial charge in [-0.2, -0.15) is 0 Å². The van der Waals surface area contributed by atoms with Crippen molar-refractivity contribution < 1.29 is 18.0 Å². The summed E-state index contributed by atoms with van der Waals surface area (Å²) in [5, 5.41) is 2.63. The molecule has 7 heteroatoms. The number of hydrogen-bond acceptors (Lipinski definition) is 4. The van der Waals surface area contributed by atoms with Gasteiger partial charge in [0.05, 0.1) is 11.9 Å². The summed E-state index contributed by atoms with van der Waals surface area (Å²) in [5.74, 6) is -0.606. The van der Waals surface area contributed by atoms with Gasteiger partial charge in [0.15, 0.2) is 5.78 Å². The van der Waals surface area contributed by atoms with Crippen molar-refractivity contribution in [1.82, 2.24) is 0 Å². The Morgan fingerprint density at radius 3 is 2.27 bits per heavy atom. The predicted octanol–water partition coefficient (Wildman–Crippen LogP) is 2.86. The van der Waals surface area contributed by atoms with Crippen LogP contribution in [0.3, 0.4) is 0 Å². The van der Waals surface area contributed by atoms with Crippen LogP contribution in [-0.2, 0) is 21.2 Å². The highest BCUT2D eigenvalue weighted by Gasteiger charge is 2.21. The van der Waals surface area contributed by atoms with Gasteiger partial charge in [-0.05, 0) is 43.2 Å². The Labute approximate surface area is 153 Å². The van der Waals surface area contributed by atoms with Crippen LogP contribution in [0.25, 0.3) is 0 Å². The first kappa shape index (κ1) is 19.7. The summed E-state index contributed by atoms with van der Waals surface area (Å²) in [6, 6.07) is 13.5. The van der Waals surface area contributed by atoms with Gasteiger partial charge in [0.25, 0.3) is 0 Å². The molecule has 0 aliphatic rings. The molecule has 0 atom stereocenters. The van der Waals surface area contributed by atoms with Crippen molar-refractivity contribution in [3.8, 4) is 0 Å². The van der Waals surface area contributed by atoms with E-state index in [4.69, 9.17) is 0 Å². The molecule has 138 valence electrons. The number of aryl methyl sites for hydroxylation is 1. The molecule has 1 N–H and O–H groups in total. The van der Waals surface area contributed by atoms with Crippen LogP contribution in [-0.4, -0.2) is 32.9 Å². The van der Waals surface area contributed by atoms with E-state index in [-0.39, 0.29) is 12.3 Å². The Morgan fingerprint density at radius 1 is 1.08 bits per heavy atom. The zero-order chi connectivity index (χ0) is 19.3. The number of rotatable bonds is 7. The van der Waals surface area contributed by atoms with Gasteiger partial charge in [-0.1, -0.05) is 31.2 Å². The van der Waals surface area contributed by atoms with E-state index in [1.165, 1.54) is 6.92 Å². The van der Waals surface area contributed by atoms with E-state index in [0.29, 0.717) is 16.9 Å². The highest BCUT2D eigenvalue weighted by molar-refractivity contribution is 7.92. The lowest BCUT2D eigenvalue weighted by molar-refractivity contribution is -0.114. The van der Waals surface area contributed by atoms with Crippen LogP contribution in [0.5, 0.6) is 0 Å². The average Bonchev–Trinajstić information content (AvgIpc) is 2.59. The zero-order valence-corrected chi connectivity index (χ0v) is 15.8. The second kappa shape index (κ2) is 8.14. The van der Waals surface area contributed by atoms with Crippen molar-refractivity contribution in [2.24, 2.45) is 0 Å². The molecular formula is C19H22N2O4S. The molecule has 2 aromatic carbocycles. The zero-order valence-electron chi connectivity index (χ0n) is 15.0. The Morgan fingerprint density at radius 2 is 1.73 bits per heavy atom. The maximum atomic E-state index is 12.3. The predicted molar refractivity (Wildman–Crippen MR) is 103 cm³/mol. The molecule has 0 unspecified atom stereocenters. The lowest BCUT2D eigenvalue weighted by Gasteiger charge is -2.22. The van der Waals surface area contributed by atoms with Crippen molar-refractivity contribution >= 4 is 33.1 Å². The molecule has 0 aromatic heterocycles. The van der Waals surface area contributed by atoms with Crippen LogP contribution >= 0.6 is 0 Å². The number of sulfonamides is 1. The van der Waals surface area contributed by atoms with Crippen molar-refractivity contribution in [3.63, 3.8) is 0 Å². The van der Waals surface area contributed by atoms with Gasteiger partial charge in [-0.15, -0.1) is 0 Å². The van der Waals surface area contributed by atoms with Crippen LogP contribution < -0.4 is 9.62 Å². The third-order valence-electron chi connectivity index (χ3n) is 3.87. The smallest absolute Gasteiger partial charge is 0.245 e. The fraction of sp³-hybridized carbons (Fsp3) is 0.263. The van der Waals surface area contributed by atoms with Crippen molar-refractivity contribution in [2.45, 2.75) is 20.3 Å². The van der Waals surface area contributed by atoms with Gasteiger partial charge < -0.3 is 5.32 Å². The van der Waals surface area contributed by atoms with E-state index in [1.807, 2.05) is 19.1 Å². The third kappa shape index (κ3) is 5.16. The van der Waals surface area contributed by atoms with E-state index in [9.17, 15) is 18.0 Å². The van der Waals surface area contributed by atoms with Crippen LogP contribution in [0, 0.1) is 0 Å². The molecule has 0 heterocycles. The molecule has 0 radical (unpaired) electrons. The lowest BCUT2D eigenvalue weighted by atomic mass is 10.1. The summed E-state index contributed by atoms with van der Waals surface area (Å²) in [6.45, 7) is 3.09. The molecule has 0 aliphatic heterocycles. The minimum absolute atomic E-state index is 0.116. The number of Topliss-reactive ketones (excluding diaryl/α,β-unsaturated/α-hetero) is 1. The number of carbonyl (C=O) groups is 2. The third-order valence-corrected chi connectivity index (χ3v) is 5.01. The molecular weight excluding hydrogens is 352 g/mol. The van der Waals surface area contributed by atoms with Gasteiger partial charge in [0, 0.05) is 11.3 Å². The Hall–Kier alpha value is -2.67. The maximum absolute atomic E-state index is 12.3. The molecule has 1 amide bonds. The Bertz CT molecular complexity index is 905. The van der Waals surface area contributed by atoms with Crippen molar-refractivity contribution in [3.05, 3.63) is 59.7 Å². The van der Waals surface area contributed by atoms with E-state index in [0.717, 1.165) is 22.5 Å². The Kier molecular flexibility index (Phi) is 6.15. The highest BCUT2D eigenvalue weighted by atomic mass is 32.2. The molecule has 26 heavy (non-hydrogen) atoms. The molecule has 2 rings (SSSR count). The standard InChI is InChI=1S/C19H22N2O4S/c1-4-15-8-10-18(11-9-15)21(26(3,24)25)13-19(23)20-17-7-5-6-16(12-17)14(2)22/h5-12H,4,13H2,1-3H3,(H,20,23). The van der Waals surface area contributed by atoms with Crippen LogP contribution in [0.1, 0.15) is 29.8 Å². The van der Waals surface area contributed by atoms with Gasteiger partial charge in [0.2, 0.25) is 15.9 Å². The molecule has 6 nitrogen and oxygen atoms in total. The van der Waals surface area contributed by atoms with Gasteiger partial charge in [-0.25, -0.2) is 8.42 Å². The topological polar surface area (TPSA) is 83.6 Å². The fourth-order valence-corrected chi connectivity index (χ4v) is 3.30. The van der Waals surface area contributed by atoms with Gasteiger partial charge >= 0.3 is 0 Å². The molecule has 2 aromatic rings. The second-order valence-electron chi connectivity index (χ2n) is 5.97. The lowest BCUT2D eigenvalue weighted by Crippen LogP contribution is -2.37. The van der Waals surface area contributed by atoms with E-state index < -0.39 is 15.9 Å². The second-order valence-corrected chi connectivity index (χ2v) is 7.88. The molecule has 0 fully saturated rings. The van der Waals surface area contributed by atoms with Crippen LogP contribution in [0.2, 0.25) is 0 Å². The summed E-state index contributed by atoms with van der Waals surface area (Å²) in [7, 11) is -3.63. The quantitative estimate of drug-likeness (QED) is 0.756. The first-order valence-electron chi connectivity index (χ1n) is 8.18. The van der Waals surface area contributed by atoms with Crippen molar-refractivity contribution in [1.29, 1.82) is 0 Å². The molecule has 0 bridgehead atoms. The summed E-state index contributed by atoms with van der Waals surface area (Å²) in [4.78, 5) is 23.8. The largest absolute Gasteiger partial charge is 0.324 e.